The van der Waals surface area contributed by atoms with Crippen molar-refractivity contribution in [3.63, 3.8) is 0 Å². The molecule has 1 aliphatic carbocycles. The molecule has 1 unspecified atom stereocenters. The van der Waals surface area contributed by atoms with Crippen LogP contribution in [0.15, 0.2) is 184 Å². The molecule has 12 rings (SSSR count). The highest BCUT2D eigenvalue weighted by Crippen LogP contribution is 2.55. The van der Waals surface area contributed by atoms with Crippen molar-refractivity contribution < 1.29 is 4.42 Å². The molecule has 0 fully saturated rings. The highest BCUT2D eigenvalue weighted by molar-refractivity contribution is 8.03. The number of furan rings is 1. The molecule has 0 spiro atoms. The maximum atomic E-state index is 6.35. The van der Waals surface area contributed by atoms with Crippen molar-refractivity contribution in [2.45, 2.75) is 17.2 Å². The summed E-state index contributed by atoms with van der Waals surface area (Å²) in [6.45, 7) is 0. The largest absolute Gasteiger partial charge is 0.455 e. The first kappa shape index (κ1) is 32.2. The molecule has 268 valence electrons. The van der Waals surface area contributed by atoms with Crippen LogP contribution in [0.25, 0.3) is 89.9 Å². The summed E-state index contributed by atoms with van der Waals surface area (Å²) in [7, 11) is 0. The van der Waals surface area contributed by atoms with Crippen molar-refractivity contribution in [2.75, 3.05) is 0 Å². The van der Waals surface area contributed by atoms with Gasteiger partial charge in [-0.25, -0.2) is 4.98 Å². The number of hydrogen-bond donors (Lipinski definition) is 0. The number of allylic oxidation sites excluding steroid dienone is 1. The van der Waals surface area contributed by atoms with Crippen molar-refractivity contribution in [1.82, 2.24) is 19.5 Å². The van der Waals surface area contributed by atoms with Gasteiger partial charge >= 0.3 is 0 Å². The smallest absolute Gasteiger partial charge is 0.238 e. The Morgan fingerprint density at radius 1 is 0.544 bits per heavy atom. The van der Waals surface area contributed by atoms with Crippen molar-refractivity contribution in [1.29, 1.82) is 0 Å². The maximum Gasteiger partial charge on any atom is 0.238 e. The van der Waals surface area contributed by atoms with Crippen LogP contribution in [0.4, 0.5) is 0 Å². The minimum Gasteiger partial charge on any atom is -0.455 e. The van der Waals surface area contributed by atoms with Gasteiger partial charge in [-0.1, -0.05) is 163 Å². The Hall–Kier alpha value is -7.02. The van der Waals surface area contributed by atoms with E-state index < -0.39 is 0 Å². The van der Waals surface area contributed by atoms with E-state index in [9.17, 15) is 0 Å². The van der Waals surface area contributed by atoms with Gasteiger partial charge in [0.1, 0.15) is 11.2 Å². The van der Waals surface area contributed by atoms with E-state index in [0.717, 1.165) is 56.1 Å². The van der Waals surface area contributed by atoms with Gasteiger partial charge in [0.2, 0.25) is 5.95 Å². The maximum absolute atomic E-state index is 6.35. The number of nitrogens with zero attached hydrogens (tertiary/aromatic N) is 4. The van der Waals surface area contributed by atoms with Gasteiger partial charge in [-0.15, -0.1) is 0 Å². The highest BCUT2D eigenvalue weighted by atomic mass is 32.2. The van der Waals surface area contributed by atoms with Crippen LogP contribution in [0.2, 0.25) is 0 Å². The Balaban J connectivity index is 0.914. The van der Waals surface area contributed by atoms with Crippen LogP contribution in [0.5, 0.6) is 0 Å². The minimum absolute atomic E-state index is 0.255. The summed E-state index contributed by atoms with van der Waals surface area (Å²) in [4.78, 5) is 18.0. The Bertz CT molecular complexity index is 3180. The van der Waals surface area contributed by atoms with Crippen LogP contribution >= 0.6 is 11.8 Å². The van der Waals surface area contributed by atoms with E-state index in [0.29, 0.717) is 17.6 Å². The summed E-state index contributed by atoms with van der Waals surface area (Å²) in [6, 6.07) is 59.6. The number of hydrogen-bond acceptors (Lipinski definition) is 5. The van der Waals surface area contributed by atoms with Gasteiger partial charge in [0, 0.05) is 61.3 Å². The fraction of sp³-hybridized carbons (Fsp3) is 0.0392. The number of thioether (sulfide) groups is 1. The molecule has 1 aliphatic heterocycles. The molecule has 6 heteroatoms. The second-order valence-corrected chi connectivity index (χ2v) is 15.9. The van der Waals surface area contributed by atoms with Crippen molar-refractivity contribution in [3.8, 4) is 51.0 Å². The van der Waals surface area contributed by atoms with Crippen LogP contribution in [0.3, 0.4) is 0 Å². The molecule has 0 amide bonds. The number of rotatable bonds is 5. The van der Waals surface area contributed by atoms with Crippen LogP contribution in [0.1, 0.15) is 22.7 Å². The number of aromatic nitrogens is 4. The average Bonchev–Trinajstić information content (AvgIpc) is 3.95. The molecule has 10 aromatic rings. The lowest BCUT2D eigenvalue weighted by molar-refractivity contribution is 0.670. The number of fused-ring (bicyclic) bond motifs is 9. The minimum atomic E-state index is 0.255. The molecule has 5 nitrogen and oxygen atoms in total. The second kappa shape index (κ2) is 12.8. The zero-order chi connectivity index (χ0) is 37.5. The summed E-state index contributed by atoms with van der Waals surface area (Å²) in [5, 5.41) is 3.50. The lowest BCUT2D eigenvalue weighted by Gasteiger charge is -2.21. The third-order valence-corrected chi connectivity index (χ3v) is 12.7. The molecule has 57 heavy (non-hydrogen) atoms. The molecule has 0 bridgehead atoms. The molecule has 0 saturated heterocycles. The summed E-state index contributed by atoms with van der Waals surface area (Å²) < 4.78 is 8.63. The van der Waals surface area contributed by atoms with Crippen LogP contribution in [-0.4, -0.2) is 19.5 Å². The second-order valence-electron chi connectivity index (χ2n) is 14.7. The Labute approximate surface area is 333 Å². The molecular formula is C51H32N4OS. The monoisotopic (exact) mass is 748 g/mol. The third-order valence-electron chi connectivity index (χ3n) is 11.5. The zero-order valence-electron chi connectivity index (χ0n) is 30.6. The van der Waals surface area contributed by atoms with E-state index in [2.05, 4.69) is 132 Å². The van der Waals surface area contributed by atoms with E-state index in [-0.39, 0.29) is 5.92 Å². The topological polar surface area (TPSA) is 56.7 Å². The van der Waals surface area contributed by atoms with Crippen LogP contribution < -0.4 is 0 Å². The average molecular weight is 749 g/mol. The van der Waals surface area contributed by atoms with Gasteiger partial charge in [0.15, 0.2) is 11.6 Å². The molecule has 4 heterocycles. The molecule has 0 radical (unpaired) electrons. The number of para-hydroxylation sites is 3. The first-order valence-corrected chi connectivity index (χ1v) is 20.1. The molecule has 7 aromatic carbocycles. The van der Waals surface area contributed by atoms with Gasteiger partial charge in [-0.3, -0.25) is 4.57 Å². The summed E-state index contributed by atoms with van der Waals surface area (Å²) in [6.07, 6.45) is 3.27. The quantitative estimate of drug-likeness (QED) is 0.175. The first-order chi connectivity index (χ1) is 28.2. The molecule has 0 saturated carbocycles. The Kier molecular flexibility index (Phi) is 7.22. The van der Waals surface area contributed by atoms with E-state index in [1.165, 1.54) is 43.1 Å². The third kappa shape index (κ3) is 5.21. The van der Waals surface area contributed by atoms with Gasteiger partial charge in [0.25, 0.3) is 0 Å². The standard InChI is InChI=1S/C51H32N4OS/c1-3-12-33(13-4-1)49-52-50(34-14-5-2-6-15-34)54-51(53-49)55-43-20-9-7-16-37(43)41-30-47-42(29-44(41)55)39-27-26-35(28-46(39)57-47)31-22-24-32(25-23-31)36-18-11-19-40-38-17-8-10-21-45(38)56-48(36)40/h1-28,30,42H,29H2. The van der Waals surface area contributed by atoms with Gasteiger partial charge < -0.3 is 4.42 Å². The summed E-state index contributed by atoms with van der Waals surface area (Å²) in [5.74, 6) is 2.21. The summed E-state index contributed by atoms with van der Waals surface area (Å²) >= 11 is 1.91. The fourth-order valence-corrected chi connectivity index (χ4v) is 10.0. The molecule has 3 aromatic heterocycles. The van der Waals surface area contributed by atoms with Crippen molar-refractivity contribution >= 4 is 50.7 Å². The lowest BCUT2D eigenvalue weighted by atomic mass is 9.87. The van der Waals surface area contributed by atoms with Gasteiger partial charge in [-0.05, 0) is 51.4 Å². The van der Waals surface area contributed by atoms with Crippen molar-refractivity contribution in [2.24, 2.45) is 0 Å². The van der Waals surface area contributed by atoms with Gasteiger partial charge in [-0.2, -0.15) is 9.97 Å². The Morgan fingerprint density at radius 3 is 1.96 bits per heavy atom. The molecule has 2 aliphatic rings. The SMILES string of the molecule is C1=C2Sc3cc(-c4ccc(-c5cccc6c5oc5ccccc56)cc4)ccc3C2Cc2c1c1ccccc1n2-c1nc(-c2ccccc2)nc(-c2ccccc2)n1. The zero-order valence-corrected chi connectivity index (χ0v) is 31.4. The van der Waals surface area contributed by atoms with E-state index in [1.54, 1.807) is 0 Å². The van der Waals surface area contributed by atoms with Crippen molar-refractivity contribution in [3.05, 3.63) is 192 Å². The first-order valence-electron chi connectivity index (χ1n) is 19.3. The Morgan fingerprint density at radius 2 is 1.19 bits per heavy atom. The molecular weight excluding hydrogens is 717 g/mol. The van der Waals surface area contributed by atoms with Gasteiger partial charge in [0.05, 0.1) is 5.52 Å². The molecule has 0 N–H and O–H groups in total. The highest BCUT2D eigenvalue weighted by Gasteiger charge is 2.35. The summed E-state index contributed by atoms with van der Waals surface area (Å²) in [5.41, 5.74) is 13.4. The van der Waals surface area contributed by atoms with Crippen LogP contribution in [0, 0.1) is 0 Å². The normalized spacial score (nSPS) is 14.5. The molecule has 1 atom stereocenters. The van der Waals surface area contributed by atoms with Crippen LogP contribution in [-0.2, 0) is 6.42 Å². The van der Waals surface area contributed by atoms with E-state index >= 15 is 0 Å². The van der Waals surface area contributed by atoms with E-state index in [4.69, 9.17) is 19.4 Å². The lowest BCUT2D eigenvalue weighted by Crippen LogP contribution is -2.13. The van der Waals surface area contributed by atoms with E-state index in [1.807, 2.05) is 60.3 Å². The number of benzene rings is 7. The predicted molar refractivity (Wildman–Crippen MR) is 232 cm³/mol. The predicted octanol–water partition coefficient (Wildman–Crippen LogP) is 13.2. The fourth-order valence-electron chi connectivity index (χ4n) is 8.74.